The molecule has 0 unspecified atom stereocenters. The predicted octanol–water partition coefficient (Wildman–Crippen LogP) is 1.55. The molecule has 1 aromatic carbocycles. The van der Waals surface area contributed by atoms with Gasteiger partial charge in [-0.3, -0.25) is 0 Å². The molecular formula is C14H16N4. The van der Waals surface area contributed by atoms with Crippen molar-refractivity contribution in [3.63, 3.8) is 0 Å². The van der Waals surface area contributed by atoms with Crippen molar-refractivity contribution in [2.24, 2.45) is 0 Å². The van der Waals surface area contributed by atoms with Gasteiger partial charge >= 0.3 is 0 Å². The van der Waals surface area contributed by atoms with Crippen molar-refractivity contribution in [2.45, 2.75) is 0 Å². The van der Waals surface area contributed by atoms with Gasteiger partial charge in [0.15, 0.2) is 0 Å². The molecule has 0 aliphatic carbocycles. The molecule has 1 N–H and O–H groups in total. The first-order valence-corrected chi connectivity index (χ1v) is 6.26. The van der Waals surface area contributed by atoms with E-state index in [1.54, 1.807) is 0 Å². The molecule has 0 atom stereocenters. The van der Waals surface area contributed by atoms with Gasteiger partial charge in [-0.1, -0.05) is 30.3 Å². The van der Waals surface area contributed by atoms with E-state index in [9.17, 15) is 0 Å². The number of rotatable bonds is 2. The second-order valence-electron chi connectivity index (χ2n) is 4.37. The van der Waals surface area contributed by atoms with E-state index in [0.29, 0.717) is 0 Å². The maximum absolute atomic E-state index is 4.47. The smallest absolute Gasteiger partial charge is 0.225 e. The first kappa shape index (κ1) is 11.2. The molecule has 0 amide bonds. The summed E-state index contributed by atoms with van der Waals surface area (Å²) in [7, 11) is 0. The third-order valence-corrected chi connectivity index (χ3v) is 3.15. The second kappa shape index (κ2) is 5.14. The van der Waals surface area contributed by atoms with Crippen LogP contribution in [0.1, 0.15) is 0 Å². The van der Waals surface area contributed by atoms with Gasteiger partial charge in [0.2, 0.25) is 5.95 Å². The molecule has 0 bridgehead atoms. The van der Waals surface area contributed by atoms with Crippen molar-refractivity contribution in [3.8, 4) is 11.1 Å². The summed E-state index contributed by atoms with van der Waals surface area (Å²) < 4.78 is 0. The number of benzene rings is 1. The number of piperazine rings is 1. The van der Waals surface area contributed by atoms with E-state index in [2.05, 4.69) is 32.3 Å². The van der Waals surface area contributed by atoms with Gasteiger partial charge in [-0.25, -0.2) is 9.97 Å². The quantitative estimate of drug-likeness (QED) is 0.864. The number of nitrogens with one attached hydrogen (secondary N) is 1. The van der Waals surface area contributed by atoms with Crippen LogP contribution in [0.4, 0.5) is 5.95 Å². The summed E-state index contributed by atoms with van der Waals surface area (Å²) >= 11 is 0. The second-order valence-corrected chi connectivity index (χ2v) is 4.37. The van der Waals surface area contributed by atoms with Crippen LogP contribution in [-0.2, 0) is 0 Å². The molecule has 2 heterocycles. The maximum atomic E-state index is 4.47. The van der Waals surface area contributed by atoms with E-state index < -0.39 is 0 Å². The minimum Gasteiger partial charge on any atom is -0.338 e. The van der Waals surface area contributed by atoms with Crippen molar-refractivity contribution in [3.05, 3.63) is 42.7 Å². The average molecular weight is 240 g/mol. The van der Waals surface area contributed by atoms with Crippen molar-refractivity contribution in [1.29, 1.82) is 0 Å². The van der Waals surface area contributed by atoms with Crippen LogP contribution in [0.5, 0.6) is 0 Å². The van der Waals surface area contributed by atoms with Gasteiger partial charge in [0.1, 0.15) is 0 Å². The molecule has 18 heavy (non-hydrogen) atoms. The van der Waals surface area contributed by atoms with Crippen LogP contribution >= 0.6 is 0 Å². The Morgan fingerprint density at radius 1 is 0.889 bits per heavy atom. The van der Waals surface area contributed by atoms with Gasteiger partial charge in [0.05, 0.1) is 0 Å². The fourth-order valence-corrected chi connectivity index (χ4v) is 2.13. The minimum atomic E-state index is 0.830. The lowest BCUT2D eigenvalue weighted by atomic mass is 10.1. The summed E-state index contributed by atoms with van der Waals surface area (Å²) in [6.45, 7) is 3.96. The third kappa shape index (κ3) is 2.33. The molecule has 4 nitrogen and oxygen atoms in total. The van der Waals surface area contributed by atoms with Crippen LogP contribution in [-0.4, -0.2) is 36.1 Å². The number of nitrogens with zero attached hydrogens (tertiary/aromatic N) is 3. The van der Waals surface area contributed by atoms with E-state index in [0.717, 1.165) is 43.3 Å². The van der Waals surface area contributed by atoms with Gasteiger partial charge in [0, 0.05) is 44.1 Å². The van der Waals surface area contributed by atoms with E-state index in [1.165, 1.54) is 0 Å². The van der Waals surface area contributed by atoms with E-state index in [-0.39, 0.29) is 0 Å². The zero-order valence-electron chi connectivity index (χ0n) is 10.2. The van der Waals surface area contributed by atoms with Crippen molar-refractivity contribution >= 4 is 5.95 Å². The Kier molecular flexibility index (Phi) is 3.19. The van der Waals surface area contributed by atoms with Crippen LogP contribution in [0, 0.1) is 0 Å². The molecule has 4 heteroatoms. The lowest BCUT2D eigenvalue weighted by Crippen LogP contribution is -2.44. The van der Waals surface area contributed by atoms with Gasteiger partial charge in [-0.2, -0.15) is 0 Å². The SMILES string of the molecule is c1ccc(-c2cnc(N3CCNCC3)nc2)cc1. The fraction of sp³-hybridized carbons (Fsp3) is 0.286. The van der Waals surface area contributed by atoms with Crippen LogP contribution in [0.2, 0.25) is 0 Å². The van der Waals surface area contributed by atoms with Gasteiger partial charge in [-0.05, 0) is 5.56 Å². The molecule has 1 aromatic heterocycles. The lowest BCUT2D eigenvalue weighted by molar-refractivity contribution is 0.580. The number of aromatic nitrogens is 2. The molecule has 2 aromatic rings. The predicted molar refractivity (Wildman–Crippen MR) is 72.6 cm³/mol. The summed E-state index contributed by atoms with van der Waals surface area (Å²) in [4.78, 5) is 11.1. The summed E-state index contributed by atoms with van der Waals surface area (Å²) in [5, 5.41) is 3.32. The van der Waals surface area contributed by atoms with Crippen molar-refractivity contribution in [1.82, 2.24) is 15.3 Å². The van der Waals surface area contributed by atoms with Gasteiger partial charge < -0.3 is 10.2 Å². The van der Waals surface area contributed by atoms with Gasteiger partial charge in [0.25, 0.3) is 0 Å². The monoisotopic (exact) mass is 240 g/mol. The van der Waals surface area contributed by atoms with E-state index in [1.807, 2.05) is 30.6 Å². The Labute approximate surface area is 107 Å². The molecule has 3 rings (SSSR count). The Morgan fingerprint density at radius 2 is 1.56 bits per heavy atom. The Hall–Kier alpha value is -1.94. The normalized spacial score (nSPS) is 15.7. The highest BCUT2D eigenvalue weighted by molar-refractivity contribution is 5.61. The first-order valence-electron chi connectivity index (χ1n) is 6.26. The molecule has 0 saturated carbocycles. The third-order valence-electron chi connectivity index (χ3n) is 3.15. The molecular weight excluding hydrogens is 224 g/mol. The number of hydrogen-bond donors (Lipinski definition) is 1. The minimum absolute atomic E-state index is 0.830. The zero-order chi connectivity index (χ0) is 12.2. The Bertz CT molecular complexity index is 489. The highest BCUT2D eigenvalue weighted by Gasteiger charge is 2.12. The van der Waals surface area contributed by atoms with Crippen LogP contribution < -0.4 is 10.2 Å². The standard InChI is InChI=1S/C14H16N4/c1-2-4-12(5-3-1)13-10-16-14(17-11-13)18-8-6-15-7-9-18/h1-5,10-11,15H,6-9H2. The molecule has 1 aliphatic rings. The average Bonchev–Trinajstić information content (AvgIpc) is 2.49. The summed E-state index contributed by atoms with van der Waals surface area (Å²) in [5.41, 5.74) is 2.22. The van der Waals surface area contributed by atoms with Crippen LogP contribution in [0.3, 0.4) is 0 Å². The largest absolute Gasteiger partial charge is 0.338 e. The fourth-order valence-electron chi connectivity index (χ4n) is 2.13. The highest BCUT2D eigenvalue weighted by Crippen LogP contribution is 2.18. The molecule has 1 aliphatic heterocycles. The zero-order valence-corrected chi connectivity index (χ0v) is 10.2. The molecule has 92 valence electrons. The maximum Gasteiger partial charge on any atom is 0.225 e. The van der Waals surface area contributed by atoms with E-state index in [4.69, 9.17) is 0 Å². The summed E-state index contributed by atoms with van der Waals surface area (Å²) in [6, 6.07) is 10.2. The Balaban J connectivity index is 1.80. The van der Waals surface area contributed by atoms with Crippen molar-refractivity contribution < 1.29 is 0 Å². The number of hydrogen-bond acceptors (Lipinski definition) is 4. The summed E-state index contributed by atoms with van der Waals surface area (Å²) in [6.07, 6.45) is 3.80. The van der Waals surface area contributed by atoms with E-state index >= 15 is 0 Å². The molecule has 1 fully saturated rings. The lowest BCUT2D eigenvalue weighted by Gasteiger charge is -2.27. The summed E-state index contributed by atoms with van der Waals surface area (Å²) in [5.74, 6) is 0.830. The highest BCUT2D eigenvalue weighted by atomic mass is 15.3. The van der Waals surface area contributed by atoms with Gasteiger partial charge in [-0.15, -0.1) is 0 Å². The van der Waals surface area contributed by atoms with Crippen LogP contribution in [0.15, 0.2) is 42.7 Å². The molecule has 0 radical (unpaired) electrons. The number of anilines is 1. The molecule has 0 spiro atoms. The first-order chi connectivity index (χ1) is 8.93. The Morgan fingerprint density at radius 3 is 2.22 bits per heavy atom. The van der Waals surface area contributed by atoms with Crippen LogP contribution in [0.25, 0.3) is 11.1 Å². The van der Waals surface area contributed by atoms with Crippen molar-refractivity contribution in [2.75, 3.05) is 31.1 Å². The topological polar surface area (TPSA) is 41.1 Å². The molecule has 1 saturated heterocycles.